The van der Waals surface area contributed by atoms with E-state index in [1.54, 1.807) is 12.3 Å². The summed E-state index contributed by atoms with van der Waals surface area (Å²) in [6.45, 7) is 0.322. The number of halogens is 2. The Hall–Kier alpha value is -1.60. The Morgan fingerprint density at radius 2 is 2.33 bits per heavy atom. The summed E-state index contributed by atoms with van der Waals surface area (Å²) in [6, 6.07) is 3.12. The largest absolute Gasteiger partial charge is 0.480 e. The summed E-state index contributed by atoms with van der Waals surface area (Å²) in [7, 11) is 0. The Morgan fingerprint density at radius 3 is 2.94 bits per heavy atom. The Kier molecular flexibility index (Phi) is 5.11. The highest BCUT2D eigenvalue weighted by Gasteiger charge is 2.03. The third-order valence-electron chi connectivity index (χ3n) is 2.03. The van der Waals surface area contributed by atoms with E-state index in [0.717, 1.165) is 16.2 Å². The molecule has 0 saturated heterocycles. The van der Waals surface area contributed by atoms with E-state index in [1.807, 2.05) is 0 Å². The monoisotopic (exact) mass is 291 g/mol. The second-order valence-electron chi connectivity index (χ2n) is 3.38. The minimum Gasteiger partial charge on any atom is -0.480 e. The molecule has 2 rings (SSSR count). The summed E-state index contributed by atoms with van der Waals surface area (Å²) in [5.41, 5.74) is 0.708. The van der Waals surface area contributed by atoms with E-state index in [1.165, 1.54) is 16.9 Å². The zero-order valence-electron chi connectivity index (χ0n) is 9.17. The molecule has 0 amide bonds. The summed E-state index contributed by atoms with van der Waals surface area (Å²) in [5, 5.41) is 15.3. The van der Waals surface area contributed by atoms with Gasteiger partial charge in [-0.15, -0.1) is 23.7 Å². The summed E-state index contributed by atoms with van der Waals surface area (Å²) in [4.78, 5) is 11.3. The average Bonchev–Trinajstić information content (AvgIpc) is 2.84. The number of carboxylic acid groups (broad SMARTS) is 1. The Labute approximate surface area is 113 Å². The van der Waals surface area contributed by atoms with E-state index >= 15 is 0 Å². The van der Waals surface area contributed by atoms with Crippen molar-refractivity contribution in [1.82, 2.24) is 9.78 Å². The fraction of sp³-hybridized carbons (Fsp3) is 0.200. The molecule has 2 aromatic rings. The molecule has 2 heterocycles. The number of carboxylic acids is 1. The molecule has 0 aliphatic carbocycles. The lowest BCUT2D eigenvalue weighted by atomic mass is 10.4. The number of thiophene rings is 1. The molecule has 0 aliphatic heterocycles. The summed E-state index contributed by atoms with van der Waals surface area (Å²) in [6.07, 6.45) is 3.13. The molecule has 0 bridgehead atoms. The summed E-state index contributed by atoms with van der Waals surface area (Å²) >= 11 is 1.07. The number of rotatable bonds is 5. The van der Waals surface area contributed by atoms with Gasteiger partial charge in [0.25, 0.3) is 0 Å². The number of nitrogens with one attached hydrogen (secondary N) is 1. The number of hydrogen-bond acceptors (Lipinski definition) is 4. The molecule has 8 heteroatoms. The van der Waals surface area contributed by atoms with Crippen molar-refractivity contribution in [3.05, 3.63) is 34.5 Å². The normalized spacial score (nSPS) is 9.83. The molecule has 0 radical (unpaired) electrons. The van der Waals surface area contributed by atoms with Crippen molar-refractivity contribution in [2.45, 2.75) is 13.1 Å². The van der Waals surface area contributed by atoms with Crippen molar-refractivity contribution >= 4 is 35.4 Å². The predicted molar refractivity (Wildman–Crippen MR) is 68.7 cm³/mol. The van der Waals surface area contributed by atoms with E-state index in [2.05, 4.69) is 10.4 Å². The minimum absolute atomic E-state index is 0. The SMILES string of the molecule is Cl.O=C(O)Cn1cc(NCc2ccc(F)s2)cn1. The molecule has 0 aromatic carbocycles. The van der Waals surface area contributed by atoms with Crippen LogP contribution in [0.4, 0.5) is 10.1 Å². The van der Waals surface area contributed by atoms with Gasteiger partial charge >= 0.3 is 5.97 Å². The Morgan fingerprint density at radius 1 is 1.56 bits per heavy atom. The first-order chi connectivity index (χ1) is 8.13. The zero-order chi connectivity index (χ0) is 12.3. The lowest BCUT2D eigenvalue weighted by Gasteiger charge is -1.99. The second kappa shape index (κ2) is 6.36. The van der Waals surface area contributed by atoms with Crippen molar-refractivity contribution in [3.8, 4) is 0 Å². The number of anilines is 1. The van der Waals surface area contributed by atoms with Gasteiger partial charge in [-0.05, 0) is 12.1 Å². The third kappa shape index (κ3) is 4.01. The van der Waals surface area contributed by atoms with Crippen molar-refractivity contribution in [2.75, 3.05) is 5.32 Å². The van der Waals surface area contributed by atoms with E-state index in [0.29, 0.717) is 12.2 Å². The molecule has 2 N–H and O–H groups in total. The fourth-order valence-electron chi connectivity index (χ4n) is 1.32. The van der Waals surface area contributed by atoms with Crippen LogP contribution in [0, 0.1) is 5.13 Å². The highest BCUT2D eigenvalue weighted by molar-refractivity contribution is 7.10. The van der Waals surface area contributed by atoms with Crippen molar-refractivity contribution in [2.24, 2.45) is 0 Å². The van der Waals surface area contributed by atoms with Gasteiger partial charge in [-0.25, -0.2) is 0 Å². The molecule has 5 nitrogen and oxygen atoms in total. The van der Waals surface area contributed by atoms with E-state index < -0.39 is 5.97 Å². The molecule has 0 aliphatic rings. The smallest absolute Gasteiger partial charge is 0.325 e. The summed E-state index contributed by atoms with van der Waals surface area (Å²) in [5.74, 6) is -0.944. The number of nitrogens with zero attached hydrogens (tertiary/aromatic N) is 2. The third-order valence-corrected chi connectivity index (χ3v) is 2.90. The van der Waals surface area contributed by atoms with Gasteiger partial charge in [0.1, 0.15) is 6.54 Å². The number of aliphatic carboxylic acids is 1. The molecule has 0 saturated carbocycles. The second-order valence-corrected chi connectivity index (χ2v) is 4.50. The standard InChI is InChI=1S/C10H10FN3O2S.ClH/c11-9-2-1-8(17-9)4-12-7-3-13-14(5-7)6-10(15)16;/h1-3,5,12H,4,6H2,(H,15,16);1H. The lowest BCUT2D eigenvalue weighted by Crippen LogP contribution is -2.08. The fourth-order valence-corrected chi connectivity index (χ4v) is 1.98. The topological polar surface area (TPSA) is 67.2 Å². The van der Waals surface area contributed by atoms with Crippen LogP contribution in [0.25, 0.3) is 0 Å². The number of aromatic nitrogens is 2. The van der Waals surface area contributed by atoms with E-state index in [4.69, 9.17) is 5.11 Å². The first-order valence-electron chi connectivity index (χ1n) is 4.86. The molecule has 2 aromatic heterocycles. The predicted octanol–water partition coefficient (Wildman–Crippen LogP) is 2.20. The van der Waals surface area contributed by atoms with Crippen LogP contribution in [0.15, 0.2) is 24.5 Å². The van der Waals surface area contributed by atoms with Crippen LogP contribution in [0.1, 0.15) is 4.88 Å². The van der Waals surface area contributed by atoms with Gasteiger partial charge in [0.05, 0.1) is 11.9 Å². The van der Waals surface area contributed by atoms with Gasteiger partial charge in [-0.3, -0.25) is 9.48 Å². The maximum atomic E-state index is 12.7. The Bertz CT molecular complexity index is 529. The highest BCUT2D eigenvalue weighted by Crippen LogP contribution is 2.16. The molecule has 0 fully saturated rings. The van der Waals surface area contributed by atoms with Gasteiger partial charge < -0.3 is 10.4 Å². The maximum absolute atomic E-state index is 12.7. The van der Waals surface area contributed by atoms with Crippen LogP contribution in [0.3, 0.4) is 0 Å². The van der Waals surface area contributed by atoms with Gasteiger partial charge in [-0.1, -0.05) is 0 Å². The first-order valence-corrected chi connectivity index (χ1v) is 5.67. The minimum atomic E-state index is -0.944. The molecular weight excluding hydrogens is 281 g/mol. The maximum Gasteiger partial charge on any atom is 0.325 e. The van der Waals surface area contributed by atoms with Crippen molar-refractivity contribution in [1.29, 1.82) is 0 Å². The summed E-state index contributed by atoms with van der Waals surface area (Å²) < 4.78 is 14.0. The van der Waals surface area contributed by atoms with Gasteiger partial charge in [0.2, 0.25) is 0 Å². The van der Waals surface area contributed by atoms with Crippen LogP contribution >= 0.6 is 23.7 Å². The van der Waals surface area contributed by atoms with Crippen LogP contribution in [0.5, 0.6) is 0 Å². The van der Waals surface area contributed by atoms with Crippen LogP contribution in [-0.2, 0) is 17.9 Å². The molecule has 0 spiro atoms. The average molecular weight is 292 g/mol. The lowest BCUT2D eigenvalue weighted by molar-refractivity contribution is -0.137. The first kappa shape index (κ1) is 14.5. The zero-order valence-corrected chi connectivity index (χ0v) is 10.8. The van der Waals surface area contributed by atoms with Crippen LogP contribution < -0.4 is 5.32 Å². The molecular formula is C10H11ClFN3O2S. The van der Waals surface area contributed by atoms with E-state index in [-0.39, 0.29) is 24.1 Å². The number of carbonyl (C=O) groups is 1. The van der Waals surface area contributed by atoms with E-state index in [9.17, 15) is 9.18 Å². The van der Waals surface area contributed by atoms with Crippen LogP contribution in [0.2, 0.25) is 0 Å². The van der Waals surface area contributed by atoms with Gasteiger partial charge in [0, 0.05) is 17.6 Å². The quantitative estimate of drug-likeness (QED) is 0.886. The van der Waals surface area contributed by atoms with Gasteiger partial charge in [-0.2, -0.15) is 9.49 Å². The Balaban J connectivity index is 0.00000162. The van der Waals surface area contributed by atoms with Crippen molar-refractivity contribution in [3.63, 3.8) is 0 Å². The molecule has 18 heavy (non-hydrogen) atoms. The van der Waals surface area contributed by atoms with Crippen LogP contribution in [-0.4, -0.2) is 20.9 Å². The highest BCUT2D eigenvalue weighted by atomic mass is 35.5. The van der Waals surface area contributed by atoms with Crippen molar-refractivity contribution < 1.29 is 14.3 Å². The molecule has 0 atom stereocenters. The van der Waals surface area contributed by atoms with Gasteiger partial charge in [0.15, 0.2) is 5.13 Å². The number of hydrogen-bond donors (Lipinski definition) is 2. The molecule has 0 unspecified atom stereocenters. The molecule has 98 valence electrons.